The third-order valence-electron chi connectivity index (χ3n) is 4.38. The average molecular weight is 259 g/mol. The molecular formula is C16H21NO2. The van der Waals surface area contributed by atoms with E-state index in [9.17, 15) is 4.79 Å². The fraction of sp³-hybridized carbons (Fsp3) is 0.562. The van der Waals surface area contributed by atoms with Gasteiger partial charge in [-0.25, -0.2) is 0 Å². The monoisotopic (exact) mass is 259 g/mol. The number of carbonyl (C=O) groups excluding carboxylic acids is 1. The van der Waals surface area contributed by atoms with Gasteiger partial charge in [0.1, 0.15) is 11.5 Å². The number of ether oxygens (including phenoxy) is 1. The lowest BCUT2D eigenvalue weighted by molar-refractivity contribution is -0.126. The first-order valence-electron chi connectivity index (χ1n) is 7.24. The summed E-state index contributed by atoms with van der Waals surface area (Å²) in [6, 6.07) is 8.31. The van der Waals surface area contributed by atoms with Crippen molar-refractivity contribution in [3.05, 3.63) is 29.8 Å². The third-order valence-corrected chi connectivity index (χ3v) is 4.38. The first-order valence-corrected chi connectivity index (χ1v) is 7.24. The van der Waals surface area contributed by atoms with E-state index in [0.29, 0.717) is 18.1 Å². The van der Waals surface area contributed by atoms with Gasteiger partial charge in [-0.2, -0.15) is 0 Å². The van der Waals surface area contributed by atoms with Crippen LogP contribution in [0.2, 0.25) is 0 Å². The number of ketones is 1. The second-order valence-corrected chi connectivity index (χ2v) is 5.63. The molecule has 0 spiro atoms. The summed E-state index contributed by atoms with van der Waals surface area (Å²) in [5.41, 5.74) is 1.33. The normalized spacial score (nSPS) is 27.1. The Morgan fingerprint density at radius 3 is 3.00 bits per heavy atom. The number of carbonyl (C=O) groups is 1. The van der Waals surface area contributed by atoms with Crippen LogP contribution in [0, 0.1) is 5.92 Å². The van der Waals surface area contributed by atoms with Crippen molar-refractivity contribution in [3.8, 4) is 5.75 Å². The zero-order valence-electron chi connectivity index (χ0n) is 11.5. The van der Waals surface area contributed by atoms with E-state index in [1.54, 1.807) is 0 Å². The molecule has 2 aliphatic heterocycles. The fourth-order valence-electron chi connectivity index (χ4n) is 3.19. The Morgan fingerprint density at radius 2 is 2.16 bits per heavy atom. The first kappa shape index (κ1) is 12.7. The SMILES string of the molecule is CCC1CN(CC2COc3ccccc32)CCC1=O. The van der Waals surface area contributed by atoms with Crippen molar-refractivity contribution < 1.29 is 9.53 Å². The molecule has 3 heteroatoms. The third kappa shape index (κ3) is 2.52. The Labute approximate surface area is 114 Å². The highest BCUT2D eigenvalue weighted by atomic mass is 16.5. The lowest BCUT2D eigenvalue weighted by Crippen LogP contribution is -2.42. The molecule has 1 saturated heterocycles. The molecule has 0 aromatic heterocycles. The number of Topliss-reactive ketones (excluding diaryl/α,β-unsaturated/α-hetero) is 1. The van der Waals surface area contributed by atoms with Crippen LogP contribution in [-0.2, 0) is 4.79 Å². The summed E-state index contributed by atoms with van der Waals surface area (Å²) in [6.07, 6.45) is 1.68. The number of benzene rings is 1. The number of nitrogens with zero attached hydrogens (tertiary/aromatic N) is 1. The van der Waals surface area contributed by atoms with Crippen LogP contribution in [0.15, 0.2) is 24.3 Å². The Bertz CT molecular complexity index is 472. The Balaban J connectivity index is 1.65. The van der Waals surface area contributed by atoms with Gasteiger partial charge < -0.3 is 9.64 Å². The summed E-state index contributed by atoms with van der Waals surface area (Å²) in [5.74, 6) is 2.18. The number of hydrogen-bond donors (Lipinski definition) is 0. The molecule has 19 heavy (non-hydrogen) atoms. The number of rotatable bonds is 3. The van der Waals surface area contributed by atoms with Crippen LogP contribution in [-0.4, -0.2) is 36.9 Å². The molecule has 0 bridgehead atoms. The van der Waals surface area contributed by atoms with Gasteiger partial charge in [-0.1, -0.05) is 25.1 Å². The summed E-state index contributed by atoms with van der Waals surface area (Å²) >= 11 is 0. The number of fused-ring (bicyclic) bond motifs is 1. The molecule has 2 atom stereocenters. The van der Waals surface area contributed by atoms with Gasteiger partial charge in [-0.05, 0) is 12.5 Å². The Morgan fingerprint density at radius 1 is 1.32 bits per heavy atom. The van der Waals surface area contributed by atoms with Crippen LogP contribution < -0.4 is 4.74 Å². The number of likely N-dealkylation sites (tertiary alicyclic amines) is 1. The Kier molecular flexibility index (Phi) is 3.56. The largest absolute Gasteiger partial charge is 0.493 e. The fourth-order valence-corrected chi connectivity index (χ4v) is 3.19. The van der Waals surface area contributed by atoms with Crippen LogP contribution in [0.3, 0.4) is 0 Å². The van der Waals surface area contributed by atoms with Crippen molar-refractivity contribution in [2.75, 3.05) is 26.2 Å². The molecule has 1 aromatic rings. The zero-order chi connectivity index (χ0) is 13.2. The summed E-state index contributed by atoms with van der Waals surface area (Å²) < 4.78 is 5.73. The van der Waals surface area contributed by atoms with E-state index in [1.807, 2.05) is 12.1 Å². The highest BCUT2D eigenvalue weighted by Gasteiger charge is 2.30. The van der Waals surface area contributed by atoms with Crippen molar-refractivity contribution in [2.24, 2.45) is 5.92 Å². The van der Waals surface area contributed by atoms with Crippen molar-refractivity contribution in [3.63, 3.8) is 0 Å². The summed E-state index contributed by atoms with van der Waals surface area (Å²) in [7, 11) is 0. The minimum Gasteiger partial charge on any atom is -0.493 e. The van der Waals surface area contributed by atoms with Crippen molar-refractivity contribution in [2.45, 2.75) is 25.7 Å². The van der Waals surface area contributed by atoms with Gasteiger partial charge in [0.15, 0.2) is 0 Å². The van der Waals surface area contributed by atoms with Crippen LogP contribution in [0.5, 0.6) is 5.75 Å². The molecule has 2 heterocycles. The minimum atomic E-state index is 0.242. The van der Waals surface area contributed by atoms with Gasteiger partial charge in [0.2, 0.25) is 0 Å². The van der Waals surface area contributed by atoms with E-state index in [4.69, 9.17) is 4.74 Å². The molecule has 0 amide bonds. The maximum Gasteiger partial charge on any atom is 0.138 e. The molecular weight excluding hydrogens is 238 g/mol. The van der Waals surface area contributed by atoms with Crippen LogP contribution in [0.4, 0.5) is 0 Å². The van der Waals surface area contributed by atoms with E-state index in [0.717, 1.165) is 38.4 Å². The van der Waals surface area contributed by atoms with Crippen molar-refractivity contribution in [1.82, 2.24) is 4.90 Å². The summed E-state index contributed by atoms with van der Waals surface area (Å²) in [6.45, 7) is 5.74. The molecule has 3 rings (SSSR count). The van der Waals surface area contributed by atoms with E-state index < -0.39 is 0 Å². The zero-order valence-corrected chi connectivity index (χ0v) is 11.5. The average Bonchev–Trinajstić information content (AvgIpc) is 2.84. The molecule has 1 aromatic carbocycles. The second-order valence-electron chi connectivity index (χ2n) is 5.63. The molecule has 3 nitrogen and oxygen atoms in total. The standard InChI is InChI=1S/C16H21NO2/c1-2-12-9-17(8-7-15(12)18)10-13-11-19-16-6-4-3-5-14(13)16/h3-6,12-13H,2,7-11H2,1H3. The second kappa shape index (κ2) is 5.33. The van der Waals surface area contributed by atoms with Gasteiger partial charge >= 0.3 is 0 Å². The highest BCUT2D eigenvalue weighted by Crippen LogP contribution is 2.34. The highest BCUT2D eigenvalue weighted by molar-refractivity contribution is 5.82. The predicted molar refractivity (Wildman–Crippen MR) is 74.5 cm³/mol. The van der Waals surface area contributed by atoms with Crippen LogP contribution in [0.25, 0.3) is 0 Å². The first-order chi connectivity index (χ1) is 9.28. The maximum absolute atomic E-state index is 11.8. The predicted octanol–water partition coefficient (Wildman–Crippen LogP) is 2.46. The molecule has 2 aliphatic rings. The van der Waals surface area contributed by atoms with E-state index in [-0.39, 0.29) is 5.92 Å². The van der Waals surface area contributed by atoms with Gasteiger partial charge in [0, 0.05) is 43.5 Å². The molecule has 2 unspecified atom stereocenters. The summed E-state index contributed by atoms with van der Waals surface area (Å²) in [5, 5.41) is 0. The molecule has 102 valence electrons. The Hall–Kier alpha value is -1.35. The lowest BCUT2D eigenvalue weighted by Gasteiger charge is -2.32. The molecule has 1 fully saturated rings. The van der Waals surface area contributed by atoms with E-state index >= 15 is 0 Å². The lowest BCUT2D eigenvalue weighted by atomic mass is 9.92. The topological polar surface area (TPSA) is 29.5 Å². The molecule has 0 radical (unpaired) electrons. The van der Waals surface area contributed by atoms with Crippen molar-refractivity contribution in [1.29, 1.82) is 0 Å². The molecule has 0 saturated carbocycles. The minimum absolute atomic E-state index is 0.242. The van der Waals surface area contributed by atoms with Crippen LogP contribution in [0.1, 0.15) is 31.2 Å². The van der Waals surface area contributed by atoms with Gasteiger partial charge in [0.25, 0.3) is 0 Å². The number of piperidine rings is 1. The number of para-hydroxylation sites is 1. The quantitative estimate of drug-likeness (QED) is 0.835. The van der Waals surface area contributed by atoms with Crippen molar-refractivity contribution >= 4 is 5.78 Å². The van der Waals surface area contributed by atoms with Gasteiger partial charge in [-0.15, -0.1) is 0 Å². The smallest absolute Gasteiger partial charge is 0.138 e. The summed E-state index contributed by atoms with van der Waals surface area (Å²) in [4.78, 5) is 14.2. The van der Waals surface area contributed by atoms with E-state index in [1.165, 1.54) is 5.56 Å². The maximum atomic E-state index is 11.8. The van der Waals surface area contributed by atoms with Crippen LogP contribution >= 0.6 is 0 Å². The van der Waals surface area contributed by atoms with E-state index in [2.05, 4.69) is 24.0 Å². The van der Waals surface area contributed by atoms with Gasteiger partial charge in [0.05, 0.1) is 6.61 Å². The number of hydrogen-bond acceptors (Lipinski definition) is 3. The molecule has 0 aliphatic carbocycles. The molecule has 0 N–H and O–H groups in total. The van der Waals surface area contributed by atoms with Gasteiger partial charge in [-0.3, -0.25) is 4.79 Å².